The number of hydrogen-bond donors (Lipinski definition) is 0. The molecule has 0 bridgehead atoms. The van der Waals surface area contributed by atoms with Gasteiger partial charge >= 0.3 is 0 Å². The van der Waals surface area contributed by atoms with E-state index in [-0.39, 0.29) is 0 Å². The number of nitrogens with zero attached hydrogens (tertiary/aromatic N) is 3. The molecule has 1 heterocycles. The average molecular weight is 309 g/mol. The van der Waals surface area contributed by atoms with E-state index in [0.717, 1.165) is 38.8 Å². The Hall–Kier alpha value is -1.33. The Morgan fingerprint density at radius 3 is 1.64 bits per heavy atom. The minimum absolute atomic E-state index is 0.649. The fourth-order valence-electron chi connectivity index (χ4n) is 1.97. The molecule has 0 unspecified atom stereocenters. The molecule has 5 heteroatoms. The van der Waals surface area contributed by atoms with Gasteiger partial charge in [-0.1, -0.05) is 6.07 Å². The van der Waals surface area contributed by atoms with Gasteiger partial charge in [0.2, 0.25) is 11.8 Å². The number of hydrogen-bond acceptors (Lipinski definition) is 5. The molecule has 0 fully saturated rings. The van der Waals surface area contributed by atoms with Crippen LogP contribution in [0.2, 0.25) is 0 Å². The number of pyridine rings is 1. The highest BCUT2D eigenvalue weighted by Crippen LogP contribution is 2.14. The molecular weight excluding hydrogens is 278 g/mol. The van der Waals surface area contributed by atoms with E-state index in [1.807, 2.05) is 18.2 Å². The second-order valence-corrected chi connectivity index (χ2v) is 6.03. The Morgan fingerprint density at radius 2 is 1.23 bits per heavy atom. The molecule has 0 N–H and O–H groups in total. The quantitative estimate of drug-likeness (QED) is 0.555. The first-order chi connectivity index (χ1) is 10.6. The van der Waals surface area contributed by atoms with Crippen LogP contribution in [-0.2, 0) is 0 Å². The van der Waals surface area contributed by atoms with Gasteiger partial charge in [-0.3, -0.25) is 0 Å². The first-order valence-electron chi connectivity index (χ1n) is 8.10. The van der Waals surface area contributed by atoms with E-state index in [2.05, 4.69) is 43.0 Å². The van der Waals surface area contributed by atoms with Gasteiger partial charge < -0.3 is 19.3 Å². The summed E-state index contributed by atoms with van der Waals surface area (Å²) >= 11 is 0. The van der Waals surface area contributed by atoms with Crippen LogP contribution in [-0.4, -0.2) is 69.3 Å². The third-order valence-electron chi connectivity index (χ3n) is 3.20. The number of rotatable bonds is 12. The lowest BCUT2D eigenvalue weighted by molar-refractivity contribution is 0.262. The molecule has 5 nitrogen and oxygen atoms in total. The predicted octanol–water partition coefficient (Wildman–Crippen LogP) is 2.52. The summed E-state index contributed by atoms with van der Waals surface area (Å²) in [7, 11) is 8.34. The molecular formula is C17H31N3O2. The van der Waals surface area contributed by atoms with Crippen LogP contribution in [0.15, 0.2) is 18.2 Å². The molecule has 1 rings (SSSR count). The van der Waals surface area contributed by atoms with Gasteiger partial charge in [0, 0.05) is 12.1 Å². The fourth-order valence-corrected chi connectivity index (χ4v) is 1.97. The van der Waals surface area contributed by atoms with Gasteiger partial charge in [0.05, 0.1) is 13.2 Å². The maximum atomic E-state index is 5.67. The molecule has 0 radical (unpaired) electrons. The summed E-state index contributed by atoms with van der Waals surface area (Å²) in [5.74, 6) is 1.30. The molecule has 1 aromatic rings. The van der Waals surface area contributed by atoms with Crippen molar-refractivity contribution < 1.29 is 9.47 Å². The SMILES string of the molecule is CN(C)CCCCOc1cccc(OCCCCN(C)C)n1. The second kappa shape index (κ2) is 11.3. The molecule has 22 heavy (non-hydrogen) atoms. The Morgan fingerprint density at radius 1 is 0.773 bits per heavy atom. The van der Waals surface area contributed by atoms with Gasteiger partial charge in [-0.2, -0.15) is 4.98 Å². The highest BCUT2D eigenvalue weighted by molar-refractivity contribution is 5.19. The number of aromatic nitrogens is 1. The standard InChI is InChI=1S/C17H31N3O2/c1-19(2)12-5-7-14-21-16-10-9-11-17(18-16)22-15-8-6-13-20(3)4/h9-11H,5-8,12-15H2,1-4H3. The summed E-state index contributed by atoms with van der Waals surface area (Å²) in [6.07, 6.45) is 4.34. The Balaban J connectivity index is 2.18. The number of ether oxygens (including phenoxy) is 2. The van der Waals surface area contributed by atoms with Crippen LogP contribution in [0.4, 0.5) is 0 Å². The lowest BCUT2D eigenvalue weighted by Crippen LogP contribution is -2.14. The van der Waals surface area contributed by atoms with Gasteiger partial charge in [-0.25, -0.2) is 0 Å². The molecule has 0 aromatic carbocycles. The lowest BCUT2D eigenvalue weighted by Gasteiger charge is -2.11. The molecule has 0 aliphatic carbocycles. The van der Waals surface area contributed by atoms with Crippen LogP contribution in [0.3, 0.4) is 0 Å². The minimum Gasteiger partial charge on any atom is -0.478 e. The molecule has 126 valence electrons. The molecule has 0 amide bonds. The van der Waals surface area contributed by atoms with E-state index in [0.29, 0.717) is 25.0 Å². The van der Waals surface area contributed by atoms with Crippen molar-refractivity contribution in [3.05, 3.63) is 18.2 Å². The summed E-state index contributed by atoms with van der Waals surface area (Å²) in [6.45, 7) is 3.58. The summed E-state index contributed by atoms with van der Waals surface area (Å²) in [5, 5.41) is 0. The van der Waals surface area contributed by atoms with E-state index in [4.69, 9.17) is 9.47 Å². The molecule has 0 aliphatic rings. The van der Waals surface area contributed by atoms with E-state index in [1.54, 1.807) is 0 Å². The zero-order chi connectivity index (χ0) is 16.2. The van der Waals surface area contributed by atoms with Crippen molar-refractivity contribution in [3.8, 4) is 11.8 Å². The predicted molar refractivity (Wildman–Crippen MR) is 90.8 cm³/mol. The maximum absolute atomic E-state index is 5.67. The van der Waals surface area contributed by atoms with Crippen molar-refractivity contribution in [2.75, 3.05) is 54.5 Å². The summed E-state index contributed by atoms with van der Waals surface area (Å²) in [4.78, 5) is 8.74. The molecule has 0 saturated heterocycles. The molecule has 0 atom stereocenters. The lowest BCUT2D eigenvalue weighted by atomic mass is 10.3. The van der Waals surface area contributed by atoms with Gasteiger partial charge in [0.15, 0.2) is 0 Å². The fraction of sp³-hybridized carbons (Fsp3) is 0.706. The summed E-state index contributed by atoms with van der Waals surface area (Å²) in [5.41, 5.74) is 0. The summed E-state index contributed by atoms with van der Waals surface area (Å²) in [6, 6.07) is 5.69. The minimum atomic E-state index is 0.649. The van der Waals surface area contributed by atoms with Crippen LogP contribution in [0.5, 0.6) is 11.8 Å². The monoisotopic (exact) mass is 309 g/mol. The Labute approximate surface area is 135 Å². The first kappa shape index (κ1) is 18.7. The molecule has 0 saturated carbocycles. The molecule has 0 aliphatic heterocycles. The van der Waals surface area contributed by atoms with Crippen molar-refractivity contribution in [1.29, 1.82) is 0 Å². The van der Waals surface area contributed by atoms with Crippen LogP contribution in [0.1, 0.15) is 25.7 Å². The highest BCUT2D eigenvalue weighted by Gasteiger charge is 2.00. The summed E-state index contributed by atoms with van der Waals surface area (Å²) < 4.78 is 11.3. The van der Waals surface area contributed by atoms with Crippen molar-refractivity contribution >= 4 is 0 Å². The van der Waals surface area contributed by atoms with Crippen LogP contribution in [0, 0.1) is 0 Å². The first-order valence-corrected chi connectivity index (χ1v) is 8.10. The molecule has 0 spiro atoms. The third kappa shape index (κ3) is 9.58. The van der Waals surface area contributed by atoms with Crippen molar-refractivity contribution in [2.24, 2.45) is 0 Å². The van der Waals surface area contributed by atoms with Gasteiger partial charge in [-0.05, 0) is 67.0 Å². The van der Waals surface area contributed by atoms with Gasteiger partial charge in [0.25, 0.3) is 0 Å². The Kier molecular flexibility index (Phi) is 9.59. The topological polar surface area (TPSA) is 37.8 Å². The smallest absolute Gasteiger partial charge is 0.216 e. The zero-order valence-electron chi connectivity index (χ0n) is 14.5. The Bertz CT molecular complexity index is 364. The second-order valence-electron chi connectivity index (χ2n) is 6.03. The van der Waals surface area contributed by atoms with E-state index >= 15 is 0 Å². The van der Waals surface area contributed by atoms with Crippen molar-refractivity contribution in [2.45, 2.75) is 25.7 Å². The van der Waals surface area contributed by atoms with Crippen LogP contribution < -0.4 is 9.47 Å². The average Bonchev–Trinajstić information content (AvgIpc) is 2.46. The molecule has 1 aromatic heterocycles. The van der Waals surface area contributed by atoms with Crippen molar-refractivity contribution in [1.82, 2.24) is 14.8 Å². The normalized spacial score (nSPS) is 11.2. The van der Waals surface area contributed by atoms with Gasteiger partial charge in [0.1, 0.15) is 0 Å². The van der Waals surface area contributed by atoms with Gasteiger partial charge in [-0.15, -0.1) is 0 Å². The van der Waals surface area contributed by atoms with E-state index in [9.17, 15) is 0 Å². The largest absolute Gasteiger partial charge is 0.478 e. The zero-order valence-corrected chi connectivity index (χ0v) is 14.5. The van der Waals surface area contributed by atoms with Crippen LogP contribution >= 0.6 is 0 Å². The van der Waals surface area contributed by atoms with E-state index in [1.165, 1.54) is 0 Å². The van der Waals surface area contributed by atoms with Crippen molar-refractivity contribution in [3.63, 3.8) is 0 Å². The third-order valence-corrected chi connectivity index (χ3v) is 3.20. The highest BCUT2D eigenvalue weighted by atomic mass is 16.5. The number of unbranched alkanes of at least 4 members (excludes halogenated alkanes) is 2. The van der Waals surface area contributed by atoms with E-state index < -0.39 is 0 Å². The van der Waals surface area contributed by atoms with Crippen LogP contribution in [0.25, 0.3) is 0 Å². The maximum Gasteiger partial charge on any atom is 0.216 e.